The van der Waals surface area contributed by atoms with Gasteiger partial charge in [-0.25, -0.2) is 0 Å². The average Bonchev–Trinajstić information content (AvgIpc) is 2.67. The first-order chi connectivity index (χ1) is 6.40. The number of thiophene rings is 1. The first-order valence-electron chi connectivity index (χ1n) is 4.63. The predicted molar refractivity (Wildman–Crippen MR) is 53.6 cm³/mol. The van der Waals surface area contributed by atoms with E-state index in [0.717, 1.165) is 11.4 Å². The van der Waals surface area contributed by atoms with Crippen molar-refractivity contribution in [3.63, 3.8) is 0 Å². The molecule has 13 heavy (non-hydrogen) atoms. The molecule has 1 fully saturated rings. The summed E-state index contributed by atoms with van der Waals surface area (Å²) in [6, 6.07) is 6.67. The van der Waals surface area contributed by atoms with Gasteiger partial charge in [0.1, 0.15) is 10.9 Å². The third-order valence-corrected chi connectivity index (χ3v) is 3.49. The Morgan fingerprint density at radius 3 is 3.00 bits per heavy atom. The van der Waals surface area contributed by atoms with Crippen molar-refractivity contribution in [2.24, 2.45) is 0 Å². The minimum Gasteiger partial charge on any atom is -0.309 e. The van der Waals surface area contributed by atoms with Crippen molar-refractivity contribution >= 4 is 11.3 Å². The maximum absolute atomic E-state index is 8.69. The van der Waals surface area contributed by atoms with Crippen molar-refractivity contribution in [3.8, 4) is 6.07 Å². The van der Waals surface area contributed by atoms with E-state index >= 15 is 0 Å². The molecule has 1 N–H and O–H groups in total. The van der Waals surface area contributed by atoms with Crippen LogP contribution in [0.25, 0.3) is 0 Å². The lowest BCUT2D eigenvalue weighted by atomic mass is 10.0. The Morgan fingerprint density at radius 1 is 1.46 bits per heavy atom. The fourth-order valence-corrected chi connectivity index (χ4v) is 2.61. The second-order valence-corrected chi connectivity index (χ2v) is 4.43. The smallest absolute Gasteiger partial charge is 0.110 e. The van der Waals surface area contributed by atoms with Crippen LogP contribution in [0.2, 0.25) is 0 Å². The van der Waals surface area contributed by atoms with Gasteiger partial charge in [0.2, 0.25) is 0 Å². The largest absolute Gasteiger partial charge is 0.309 e. The Balaban J connectivity index is 2.11. The van der Waals surface area contributed by atoms with Gasteiger partial charge in [-0.1, -0.05) is 6.42 Å². The van der Waals surface area contributed by atoms with Gasteiger partial charge >= 0.3 is 0 Å². The van der Waals surface area contributed by atoms with E-state index in [1.165, 1.54) is 24.1 Å². The Kier molecular flexibility index (Phi) is 2.62. The Bertz CT molecular complexity index is 318. The molecule has 0 aromatic carbocycles. The summed E-state index contributed by atoms with van der Waals surface area (Å²) in [5.74, 6) is 0. The summed E-state index contributed by atoms with van der Waals surface area (Å²) in [7, 11) is 0. The number of piperidine rings is 1. The number of nitrogens with one attached hydrogen (secondary N) is 1. The Morgan fingerprint density at radius 2 is 2.38 bits per heavy atom. The van der Waals surface area contributed by atoms with Crippen molar-refractivity contribution in [1.29, 1.82) is 5.26 Å². The van der Waals surface area contributed by atoms with Crippen LogP contribution >= 0.6 is 11.3 Å². The Labute approximate surface area is 82.2 Å². The molecular weight excluding hydrogens is 180 g/mol. The lowest BCUT2D eigenvalue weighted by Gasteiger charge is -2.21. The SMILES string of the molecule is N#Cc1ccc(C2CCCCN2)s1. The molecule has 1 unspecified atom stereocenters. The molecule has 3 heteroatoms. The van der Waals surface area contributed by atoms with E-state index in [-0.39, 0.29) is 0 Å². The molecule has 1 aromatic rings. The van der Waals surface area contributed by atoms with E-state index < -0.39 is 0 Å². The lowest BCUT2D eigenvalue weighted by Crippen LogP contribution is -2.25. The van der Waals surface area contributed by atoms with E-state index in [9.17, 15) is 0 Å². The van der Waals surface area contributed by atoms with E-state index in [1.807, 2.05) is 6.07 Å². The van der Waals surface area contributed by atoms with Crippen LogP contribution < -0.4 is 5.32 Å². The fourth-order valence-electron chi connectivity index (χ4n) is 1.69. The molecule has 2 heterocycles. The average molecular weight is 192 g/mol. The number of nitriles is 1. The zero-order valence-electron chi connectivity index (χ0n) is 7.42. The third kappa shape index (κ3) is 1.90. The van der Waals surface area contributed by atoms with Gasteiger partial charge in [0.25, 0.3) is 0 Å². The minimum absolute atomic E-state index is 0.501. The van der Waals surface area contributed by atoms with E-state index in [1.54, 1.807) is 11.3 Å². The highest BCUT2D eigenvalue weighted by Gasteiger charge is 2.15. The Hall–Kier alpha value is -0.850. The van der Waals surface area contributed by atoms with Crippen molar-refractivity contribution in [1.82, 2.24) is 5.32 Å². The molecule has 0 bridgehead atoms. The van der Waals surface area contributed by atoms with Gasteiger partial charge in [-0.3, -0.25) is 0 Å². The molecule has 1 saturated heterocycles. The zero-order chi connectivity index (χ0) is 9.10. The molecule has 1 aromatic heterocycles. The van der Waals surface area contributed by atoms with Gasteiger partial charge in [0, 0.05) is 10.9 Å². The molecule has 2 nitrogen and oxygen atoms in total. The molecule has 1 atom stereocenters. The van der Waals surface area contributed by atoms with Gasteiger partial charge < -0.3 is 5.32 Å². The zero-order valence-corrected chi connectivity index (χ0v) is 8.23. The van der Waals surface area contributed by atoms with Crippen LogP contribution in [-0.4, -0.2) is 6.54 Å². The van der Waals surface area contributed by atoms with Crippen LogP contribution in [0.1, 0.15) is 35.1 Å². The van der Waals surface area contributed by atoms with Crippen LogP contribution in [0.3, 0.4) is 0 Å². The van der Waals surface area contributed by atoms with Gasteiger partial charge in [0.05, 0.1) is 0 Å². The van der Waals surface area contributed by atoms with Crippen LogP contribution in [0.5, 0.6) is 0 Å². The monoisotopic (exact) mass is 192 g/mol. The van der Waals surface area contributed by atoms with Crippen LogP contribution in [0.15, 0.2) is 12.1 Å². The predicted octanol–water partition coefficient (Wildman–Crippen LogP) is 2.43. The van der Waals surface area contributed by atoms with E-state index in [2.05, 4.69) is 17.5 Å². The summed E-state index contributed by atoms with van der Waals surface area (Å²) in [6.07, 6.45) is 3.80. The maximum atomic E-state index is 8.69. The summed E-state index contributed by atoms with van der Waals surface area (Å²) in [5.41, 5.74) is 0. The molecule has 0 radical (unpaired) electrons. The fraction of sp³-hybridized carbons (Fsp3) is 0.500. The normalized spacial score (nSPS) is 22.5. The summed E-state index contributed by atoms with van der Waals surface area (Å²) in [4.78, 5) is 2.14. The third-order valence-electron chi connectivity index (χ3n) is 2.39. The molecule has 0 amide bonds. The molecule has 1 aliphatic rings. The van der Waals surface area contributed by atoms with E-state index in [0.29, 0.717) is 6.04 Å². The molecule has 0 saturated carbocycles. The van der Waals surface area contributed by atoms with Gasteiger partial charge in [-0.15, -0.1) is 11.3 Å². The minimum atomic E-state index is 0.501. The van der Waals surface area contributed by atoms with Gasteiger partial charge in [0.15, 0.2) is 0 Å². The molecule has 2 rings (SSSR count). The summed E-state index contributed by atoms with van der Waals surface area (Å²) >= 11 is 1.62. The first-order valence-corrected chi connectivity index (χ1v) is 5.45. The van der Waals surface area contributed by atoms with Crippen molar-refractivity contribution in [3.05, 3.63) is 21.9 Å². The summed E-state index contributed by atoms with van der Waals surface area (Å²) in [6.45, 7) is 1.12. The van der Waals surface area contributed by atoms with Crippen LogP contribution in [0, 0.1) is 11.3 Å². The summed E-state index contributed by atoms with van der Waals surface area (Å²) < 4.78 is 0. The highest BCUT2D eigenvalue weighted by Crippen LogP contribution is 2.28. The first kappa shape index (κ1) is 8.74. The second kappa shape index (κ2) is 3.91. The lowest BCUT2D eigenvalue weighted by molar-refractivity contribution is 0.417. The molecule has 0 spiro atoms. The molecule has 68 valence electrons. The van der Waals surface area contributed by atoms with E-state index in [4.69, 9.17) is 5.26 Å². The number of hydrogen-bond acceptors (Lipinski definition) is 3. The van der Waals surface area contributed by atoms with Gasteiger partial charge in [-0.2, -0.15) is 5.26 Å². The van der Waals surface area contributed by atoms with Crippen molar-refractivity contribution < 1.29 is 0 Å². The van der Waals surface area contributed by atoms with Gasteiger partial charge in [-0.05, 0) is 31.5 Å². The molecule has 1 aliphatic heterocycles. The quantitative estimate of drug-likeness (QED) is 0.741. The molecular formula is C10H12N2S. The number of hydrogen-bond donors (Lipinski definition) is 1. The highest BCUT2D eigenvalue weighted by molar-refractivity contribution is 7.12. The topological polar surface area (TPSA) is 35.8 Å². The standard InChI is InChI=1S/C10H12N2S/c11-7-8-4-5-10(13-8)9-3-1-2-6-12-9/h4-5,9,12H,1-3,6H2. The number of nitrogens with zero attached hydrogens (tertiary/aromatic N) is 1. The van der Waals surface area contributed by atoms with Crippen LogP contribution in [0.4, 0.5) is 0 Å². The maximum Gasteiger partial charge on any atom is 0.110 e. The molecule has 0 aliphatic carbocycles. The second-order valence-electron chi connectivity index (χ2n) is 3.32. The van der Waals surface area contributed by atoms with Crippen LogP contribution in [-0.2, 0) is 0 Å². The van der Waals surface area contributed by atoms with Crippen molar-refractivity contribution in [2.45, 2.75) is 25.3 Å². The number of rotatable bonds is 1. The summed E-state index contributed by atoms with van der Waals surface area (Å²) in [5, 5.41) is 12.2. The highest BCUT2D eigenvalue weighted by atomic mass is 32.1. The van der Waals surface area contributed by atoms with Crippen molar-refractivity contribution in [2.75, 3.05) is 6.54 Å².